The first-order valence-electron chi connectivity index (χ1n) is 3.52. The number of hydroxylamine groups is 2. The van der Waals surface area contributed by atoms with Crippen LogP contribution < -0.4 is 10.4 Å². The Balaban J connectivity index is 2.70. The van der Waals surface area contributed by atoms with Gasteiger partial charge in [-0.1, -0.05) is 24.3 Å². The van der Waals surface area contributed by atoms with Crippen LogP contribution in [0.5, 0.6) is 0 Å². The molecule has 0 atom stereocenters. The van der Waals surface area contributed by atoms with Gasteiger partial charge in [0.2, 0.25) is 0 Å². The summed E-state index contributed by atoms with van der Waals surface area (Å²) in [6.45, 7) is 0. The smallest absolute Gasteiger partial charge is 0.0621 e. The van der Waals surface area contributed by atoms with E-state index >= 15 is 0 Å². The molecule has 0 spiro atoms. The molecule has 4 nitrogen and oxygen atoms in total. The largest absolute Gasteiger partial charge is 0.267 e. The van der Waals surface area contributed by atoms with Gasteiger partial charge in [0.15, 0.2) is 0 Å². The van der Waals surface area contributed by atoms with E-state index in [0.717, 1.165) is 10.4 Å². The highest BCUT2D eigenvalue weighted by atomic mass is 16.7. The third-order valence-corrected chi connectivity index (χ3v) is 1.72. The number of benzene rings is 1. The van der Waals surface area contributed by atoms with Gasteiger partial charge in [0.1, 0.15) is 0 Å². The van der Waals surface area contributed by atoms with Crippen LogP contribution in [0.15, 0.2) is 24.3 Å². The fourth-order valence-electron chi connectivity index (χ4n) is 1.11. The van der Waals surface area contributed by atoms with Gasteiger partial charge in [0.05, 0.1) is 12.4 Å². The van der Waals surface area contributed by atoms with Crippen LogP contribution in [0.3, 0.4) is 0 Å². The maximum absolute atomic E-state index is 9.05. The highest BCUT2D eigenvalue weighted by Crippen LogP contribution is 1.93. The maximum Gasteiger partial charge on any atom is 0.0621 e. The summed E-state index contributed by atoms with van der Waals surface area (Å²) in [6, 6.07) is 7.43. The Morgan fingerprint density at radius 3 is 1.67 bits per heavy atom. The summed E-state index contributed by atoms with van der Waals surface area (Å²) >= 11 is 0. The lowest BCUT2D eigenvalue weighted by molar-refractivity contribution is -0.287. The fourth-order valence-corrected chi connectivity index (χ4v) is 1.11. The Labute approximate surface area is 68.8 Å². The normalized spacial score (nSPS) is 14.8. The van der Waals surface area contributed by atoms with Crippen molar-refractivity contribution in [2.24, 2.45) is 0 Å². The molecule has 0 amide bonds. The van der Waals surface area contributed by atoms with E-state index in [9.17, 15) is 0 Å². The molecule has 0 fully saturated rings. The third-order valence-electron chi connectivity index (χ3n) is 1.72. The lowest BCUT2D eigenvalue weighted by Crippen LogP contribution is -2.41. The summed E-state index contributed by atoms with van der Waals surface area (Å²) in [6.07, 6.45) is 2.85. The Bertz CT molecular complexity index is 363. The summed E-state index contributed by atoms with van der Waals surface area (Å²) in [7, 11) is 0. The second-order valence-corrected chi connectivity index (χ2v) is 2.53. The number of nitrogens with zero attached hydrogens (tertiary/aromatic N) is 2. The van der Waals surface area contributed by atoms with Crippen LogP contribution >= 0.6 is 0 Å². The minimum absolute atomic E-state index is 0.613. The zero-order chi connectivity index (χ0) is 8.55. The van der Waals surface area contributed by atoms with Gasteiger partial charge in [-0.15, -0.1) is 10.3 Å². The van der Waals surface area contributed by atoms with Gasteiger partial charge in [-0.05, 0) is 0 Å². The molecule has 1 aromatic carbocycles. The standard InChI is InChI=1S/C8H8N2O2/c11-9-5-7-3-1-2-4-8(7)6-10(9)12/h1-6,11-12H. The predicted molar refractivity (Wildman–Crippen MR) is 41.9 cm³/mol. The molecule has 0 radical (unpaired) electrons. The SMILES string of the molecule is ON1C=c2ccccc2=CN1O. The second-order valence-electron chi connectivity index (χ2n) is 2.53. The van der Waals surface area contributed by atoms with E-state index in [2.05, 4.69) is 0 Å². The lowest BCUT2D eigenvalue weighted by Gasteiger charge is -2.22. The topological polar surface area (TPSA) is 46.9 Å². The van der Waals surface area contributed by atoms with Crippen LogP contribution in [0.25, 0.3) is 12.4 Å². The molecule has 1 aromatic rings. The molecular formula is C8H8N2O2. The van der Waals surface area contributed by atoms with Gasteiger partial charge in [0.25, 0.3) is 0 Å². The van der Waals surface area contributed by atoms with Crippen molar-refractivity contribution in [3.63, 3.8) is 0 Å². The molecule has 62 valence electrons. The highest BCUT2D eigenvalue weighted by molar-refractivity contribution is 5.32. The van der Waals surface area contributed by atoms with Crippen molar-refractivity contribution in [1.29, 1.82) is 0 Å². The molecule has 2 N–H and O–H groups in total. The lowest BCUT2D eigenvalue weighted by atomic mass is 10.2. The van der Waals surface area contributed by atoms with E-state index in [1.54, 1.807) is 0 Å². The molecule has 1 aliphatic heterocycles. The molecule has 12 heavy (non-hydrogen) atoms. The predicted octanol–water partition coefficient (Wildman–Crippen LogP) is -0.526. The van der Waals surface area contributed by atoms with Crippen LogP contribution in [0.4, 0.5) is 0 Å². The molecule has 0 saturated heterocycles. The van der Waals surface area contributed by atoms with Crippen LogP contribution in [0.2, 0.25) is 0 Å². The second kappa shape index (κ2) is 2.51. The number of fused-ring (bicyclic) bond motifs is 1. The molecule has 1 heterocycles. The molecule has 0 unspecified atom stereocenters. The van der Waals surface area contributed by atoms with Crippen LogP contribution in [0, 0.1) is 0 Å². The average molecular weight is 164 g/mol. The Kier molecular flexibility index (Phi) is 1.49. The van der Waals surface area contributed by atoms with Gasteiger partial charge in [-0.25, -0.2) is 0 Å². The minimum atomic E-state index is 0.613. The number of hydrogen-bond acceptors (Lipinski definition) is 4. The fraction of sp³-hybridized carbons (Fsp3) is 0. The molecule has 0 aliphatic carbocycles. The van der Waals surface area contributed by atoms with E-state index in [-0.39, 0.29) is 0 Å². The molecule has 0 aromatic heterocycles. The number of rotatable bonds is 0. The highest BCUT2D eigenvalue weighted by Gasteiger charge is 2.04. The van der Waals surface area contributed by atoms with E-state index in [4.69, 9.17) is 10.4 Å². The first-order valence-corrected chi connectivity index (χ1v) is 3.52. The van der Waals surface area contributed by atoms with E-state index < -0.39 is 0 Å². The van der Waals surface area contributed by atoms with Crippen molar-refractivity contribution >= 4 is 12.4 Å². The Morgan fingerprint density at radius 1 is 0.833 bits per heavy atom. The Morgan fingerprint density at radius 2 is 1.25 bits per heavy atom. The van der Waals surface area contributed by atoms with Crippen LogP contribution in [0.1, 0.15) is 0 Å². The summed E-state index contributed by atoms with van der Waals surface area (Å²) in [5.74, 6) is 0. The van der Waals surface area contributed by atoms with Crippen molar-refractivity contribution in [2.45, 2.75) is 0 Å². The van der Waals surface area contributed by atoms with Gasteiger partial charge in [-0.3, -0.25) is 10.4 Å². The van der Waals surface area contributed by atoms with Gasteiger partial charge in [-0.2, -0.15) is 0 Å². The summed E-state index contributed by atoms with van der Waals surface area (Å²) < 4.78 is 0. The molecule has 1 aliphatic rings. The summed E-state index contributed by atoms with van der Waals surface area (Å²) in [5.41, 5.74) is 0. The molecular weight excluding hydrogens is 156 g/mol. The monoisotopic (exact) mass is 164 g/mol. The van der Waals surface area contributed by atoms with Gasteiger partial charge < -0.3 is 0 Å². The van der Waals surface area contributed by atoms with Crippen LogP contribution in [-0.2, 0) is 0 Å². The zero-order valence-electron chi connectivity index (χ0n) is 6.25. The van der Waals surface area contributed by atoms with E-state index in [1.807, 2.05) is 24.3 Å². The molecule has 2 rings (SSSR count). The number of hydrazine groups is 1. The quantitative estimate of drug-likeness (QED) is 0.541. The first-order chi connectivity index (χ1) is 5.77. The van der Waals surface area contributed by atoms with Crippen molar-refractivity contribution in [1.82, 2.24) is 10.3 Å². The summed E-state index contributed by atoms with van der Waals surface area (Å²) in [5, 5.41) is 21.1. The van der Waals surface area contributed by atoms with Gasteiger partial charge >= 0.3 is 0 Å². The van der Waals surface area contributed by atoms with Crippen LogP contribution in [-0.4, -0.2) is 20.8 Å². The summed E-state index contributed by atoms with van der Waals surface area (Å²) in [4.78, 5) is 0. The molecule has 0 saturated carbocycles. The van der Waals surface area contributed by atoms with Crippen molar-refractivity contribution in [2.75, 3.05) is 0 Å². The average Bonchev–Trinajstić information content (AvgIpc) is 2.07. The van der Waals surface area contributed by atoms with Crippen molar-refractivity contribution in [3.05, 3.63) is 34.7 Å². The third kappa shape index (κ3) is 1.03. The molecule has 0 bridgehead atoms. The van der Waals surface area contributed by atoms with E-state index in [0.29, 0.717) is 10.3 Å². The van der Waals surface area contributed by atoms with E-state index in [1.165, 1.54) is 12.4 Å². The van der Waals surface area contributed by atoms with Crippen molar-refractivity contribution in [3.8, 4) is 0 Å². The molecule has 4 heteroatoms. The van der Waals surface area contributed by atoms with Crippen molar-refractivity contribution < 1.29 is 10.4 Å². The maximum atomic E-state index is 9.05. The minimum Gasteiger partial charge on any atom is -0.267 e. The zero-order valence-corrected chi connectivity index (χ0v) is 6.25. The number of hydrogen-bond donors (Lipinski definition) is 2. The van der Waals surface area contributed by atoms with Gasteiger partial charge in [0, 0.05) is 10.4 Å². The first kappa shape index (κ1) is 7.15. The Hall–Kier alpha value is -1.52.